The molecule has 0 amide bonds. The summed E-state index contributed by atoms with van der Waals surface area (Å²) in [6, 6.07) is 3.32. The average Bonchev–Trinajstić information content (AvgIpc) is 2.50. The third-order valence-electron chi connectivity index (χ3n) is 2.62. The number of hydrogen-bond donors (Lipinski definition) is 0. The van der Waals surface area contributed by atoms with Crippen LogP contribution < -0.4 is 9.47 Å². The van der Waals surface area contributed by atoms with Gasteiger partial charge in [-0.15, -0.1) is 8.78 Å². The summed E-state index contributed by atoms with van der Waals surface area (Å²) >= 11 is 0. The molecule has 16 heavy (non-hydrogen) atoms. The van der Waals surface area contributed by atoms with E-state index in [1.54, 1.807) is 12.1 Å². The predicted octanol–water partition coefficient (Wildman–Crippen LogP) is 3.52. The molecule has 0 unspecified atom stereocenters. The molecule has 0 aliphatic carbocycles. The molecule has 0 N–H and O–H groups in total. The predicted molar refractivity (Wildman–Crippen MR) is 56.0 cm³/mol. The maximum atomic E-state index is 12.8. The number of rotatable bonds is 3. The van der Waals surface area contributed by atoms with Crippen molar-refractivity contribution in [2.45, 2.75) is 39.4 Å². The molecule has 0 saturated carbocycles. The van der Waals surface area contributed by atoms with E-state index in [1.807, 2.05) is 6.92 Å². The summed E-state index contributed by atoms with van der Waals surface area (Å²) in [6.07, 6.45) is -0.871. The van der Waals surface area contributed by atoms with E-state index in [2.05, 4.69) is 16.4 Å². The van der Waals surface area contributed by atoms with E-state index in [0.29, 0.717) is 0 Å². The molecular weight excluding hydrogens is 214 g/mol. The zero-order chi connectivity index (χ0) is 11.8. The first-order chi connectivity index (χ1) is 7.55. The van der Waals surface area contributed by atoms with Gasteiger partial charge in [0, 0.05) is 0 Å². The Labute approximate surface area is 93.2 Å². The van der Waals surface area contributed by atoms with Crippen molar-refractivity contribution in [2.24, 2.45) is 0 Å². The van der Waals surface area contributed by atoms with Crippen LogP contribution in [0.25, 0.3) is 0 Å². The molecule has 0 fully saturated rings. The smallest absolute Gasteiger partial charge is 0.395 e. The van der Waals surface area contributed by atoms with E-state index in [4.69, 9.17) is 0 Å². The van der Waals surface area contributed by atoms with Crippen LogP contribution in [0.1, 0.15) is 31.4 Å². The number of alkyl halides is 2. The second-order valence-electron chi connectivity index (χ2n) is 3.84. The third-order valence-corrected chi connectivity index (χ3v) is 2.62. The Morgan fingerprint density at radius 1 is 1.06 bits per heavy atom. The van der Waals surface area contributed by atoms with Gasteiger partial charge in [0.15, 0.2) is 11.5 Å². The lowest BCUT2D eigenvalue weighted by Crippen LogP contribution is -2.25. The first-order valence-electron chi connectivity index (χ1n) is 5.47. The van der Waals surface area contributed by atoms with Crippen LogP contribution in [0.4, 0.5) is 8.78 Å². The van der Waals surface area contributed by atoms with Gasteiger partial charge in [0.1, 0.15) is 0 Å². The van der Waals surface area contributed by atoms with Crippen LogP contribution in [0.15, 0.2) is 12.1 Å². The highest BCUT2D eigenvalue weighted by Crippen LogP contribution is 2.42. The van der Waals surface area contributed by atoms with Crippen molar-refractivity contribution in [3.8, 4) is 11.5 Å². The normalized spacial score (nSPS) is 16.5. The Hall–Kier alpha value is -1.32. The van der Waals surface area contributed by atoms with Gasteiger partial charge in [-0.25, -0.2) is 0 Å². The number of hydrogen-bond acceptors (Lipinski definition) is 2. The molecule has 4 heteroatoms. The van der Waals surface area contributed by atoms with Crippen molar-refractivity contribution >= 4 is 0 Å². The molecule has 0 atom stereocenters. The molecule has 1 aromatic rings. The van der Waals surface area contributed by atoms with Crippen molar-refractivity contribution in [2.75, 3.05) is 0 Å². The van der Waals surface area contributed by atoms with Gasteiger partial charge in [0.25, 0.3) is 0 Å². The highest BCUT2D eigenvalue weighted by Gasteiger charge is 2.43. The van der Waals surface area contributed by atoms with Gasteiger partial charge in [-0.1, -0.05) is 20.3 Å². The largest absolute Gasteiger partial charge is 0.586 e. The fourth-order valence-electron chi connectivity index (χ4n) is 1.91. The number of aryl methyl sites for hydroxylation is 2. The maximum absolute atomic E-state index is 12.8. The lowest BCUT2D eigenvalue weighted by atomic mass is 10.0. The fraction of sp³-hybridized carbons (Fsp3) is 0.500. The maximum Gasteiger partial charge on any atom is 0.586 e. The lowest BCUT2D eigenvalue weighted by Gasteiger charge is -2.07. The molecule has 1 heterocycles. The van der Waals surface area contributed by atoms with Crippen LogP contribution in [0.5, 0.6) is 11.5 Å². The Balaban J connectivity index is 2.38. The first kappa shape index (κ1) is 11.2. The van der Waals surface area contributed by atoms with Crippen molar-refractivity contribution in [1.29, 1.82) is 0 Å². The lowest BCUT2D eigenvalue weighted by molar-refractivity contribution is -0.286. The molecule has 0 saturated heterocycles. The monoisotopic (exact) mass is 228 g/mol. The van der Waals surface area contributed by atoms with Gasteiger partial charge in [-0.05, 0) is 36.1 Å². The van der Waals surface area contributed by atoms with Crippen molar-refractivity contribution < 1.29 is 18.3 Å². The molecule has 0 spiro atoms. The summed E-state index contributed by atoms with van der Waals surface area (Å²) in [5.41, 5.74) is 2.10. The van der Waals surface area contributed by atoms with Gasteiger partial charge in [-0.3, -0.25) is 0 Å². The minimum Gasteiger partial charge on any atom is -0.395 e. The Morgan fingerprint density at radius 3 is 2.12 bits per heavy atom. The summed E-state index contributed by atoms with van der Waals surface area (Å²) in [6.45, 7) is 4.05. The highest BCUT2D eigenvalue weighted by molar-refractivity contribution is 5.49. The summed E-state index contributed by atoms with van der Waals surface area (Å²) in [5.74, 6) is 0.285. The van der Waals surface area contributed by atoms with Crippen LogP contribution in [-0.4, -0.2) is 6.29 Å². The summed E-state index contributed by atoms with van der Waals surface area (Å²) < 4.78 is 34.5. The number of fused-ring (bicyclic) bond motifs is 1. The number of ether oxygens (including phenoxy) is 2. The summed E-state index contributed by atoms with van der Waals surface area (Å²) in [5, 5.41) is 0. The van der Waals surface area contributed by atoms with Gasteiger partial charge >= 0.3 is 6.29 Å². The molecule has 0 aromatic heterocycles. The molecule has 0 radical (unpaired) electrons. The highest BCUT2D eigenvalue weighted by atomic mass is 19.3. The van der Waals surface area contributed by atoms with Gasteiger partial charge in [0.05, 0.1) is 0 Å². The van der Waals surface area contributed by atoms with Crippen LogP contribution in [0.3, 0.4) is 0 Å². The third kappa shape index (κ3) is 1.96. The minimum atomic E-state index is -3.52. The van der Waals surface area contributed by atoms with Crippen molar-refractivity contribution in [1.82, 2.24) is 0 Å². The van der Waals surface area contributed by atoms with Crippen LogP contribution >= 0.6 is 0 Å². The van der Waals surface area contributed by atoms with Gasteiger partial charge in [0.2, 0.25) is 0 Å². The van der Waals surface area contributed by atoms with Gasteiger partial charge < -0.3 is 9.47 Å². The van der Waals surface area contributed by atoms with E-state index < -0.39 is 6.29 Å². The van der Waals surface area contributed by atoms with E-state index in [1.165, 1.54) is 0 Å². The molecule has 1 aliphatic rings. The van der Waals surface area contributed by atoms with E-state index in [9.17, 15) is 8.78 Å². The first-order valence-corrected chi connectivity index (χ1v) is 5.47. The molecule has 1 aliphatic heterocycles. The zero-order valence-electron chi connectivity index (χ0n) is 9.35. The molecule has 2 rings (SSSR count). The van der Waals surface area contributed by atoms with E-state index in [0.717, 1.165) is 30.4 Å². The second kappa shape index (κ2) is 3.92. The SMILES string of the molecule is CCCc1cc2c(cc1CC)OC(F)(F)O2. The molecule has 0 bridgehead atoms. The Kier molecular flexibility index (Phi) is 2.74. The number of halogens is 2. The van der Waals surface area contributed by atoms with Crippen molar-refractivity contribution in [3.05, 3.63) is 23.3 Å². The minimum absolute atomic E-state index is 0.140. The molecule has 1 aromatic carbocycles. The van der Waals surface area contributed by atoms with Crippen LogP contribution in [0, 0.1) is 0 Å². The zero-order valence-corrected chi connectivity index (χ0v) is 9.35. The van der Waals surface area contributed by atoms with Crippen LogP contribution in [-0.2, 0) is 12.8 Å². The quantitative estimate of drug-likeness (QED) is 0.788. The molecular formula is C12H14F2O2. The van der Waals surface area contributed by atoms with Gasteiger partial charge in [-0.2, -0.15) is 0 Å². The molecule has 2 nitrogen and oxygen atoms in total. The Bertz CT molecular complexity index is 402. The topological polar surface area (TPSA) is 18.5 Å². The van der Waals surface area contributed by atoms with E-state index in [-0.39, 0.29) is 11.5 Å². The van der Waals surface area contributed by atoms with Crippen molar-refractivity contribution in [3.63, 3.8) is 0 Å². The number of benzene rings is 1. The standard InChI is InChI=1S/C12H14F2O2/c1-3-5-9-7-11-10(6-8(9)4-2)15-12(13,14)16-11/h6-7H,3-5H2,1-2H3. The van der Waals surface area contributed by atoms with E-state index >= 15 is 0 Å². The fourth-order valence-corrected chi connectivity index (χ4v) is 1.91. The summed E-state index contributed by atoms with van der Waals surface area (Å²) in [7, 11) is 0. The molecule has 88 valence electrons. The Morgan fingerprint density at radius 2 is 1.62 bits per heavy atom. The second-order valence-corrected chi connectivity index (χ2v) is 3.84. The van der Waals surface area contributed by atoms with Crippen LogP contribution in [0.2, 0.25) is 0 Å². The average molecular weight is 228 g/mol. The summed E-state index contributed by atoms with van der Waals surface area (Å²) in [4.78, 5) is 0.